The summed E-state index contributed by atoms with van der Waals surface area (Å²) in [6, 6.07) is -4.44. The zero-order chi connectivity index (χ0) is 26.3. The number of primary amides is 1. The maximum Gasteiger partial charge on any atom is 0.326 e. The molecule has 196 valence electrons. The second-order valence-corrected chi connectivity index (χ2v) is 9.16. The fourth-order valence-corrected chi connectivity index (χ4v) is 3.52. The highest BCUT2D eigenvalue weighted by atomic mass is 32.2. The monoisotopic (exact) mass is 504 g/mol. The number of amides is 4. The van der Waals surface area contributed by atoms with Crippen LogP contribution < -0.4 is 33.2 Å². The van der Waals surface area contributed by atoms with Crippen molar-refractivity contribution in [1.29, 1.82) is 0 Å². The Morgan fingerprint density at radius 3 is 2.06 bits per heavy atom. The van der Waals surface area contributed by atoms with Gasteiger partial charge in [0.1, 0.15) is 18.1 Å². The van der Waals surface area contributed by atoms with E-state index in [-0.39, 0.29) is 12.3 Å². The van der Waals surface area contributed by atoms with Crippen LogP contribution in [0.25, 0.3) is 0 Å². The molecule has 0 fully saturated rings. The molecule has 0 aromatic carbocycles. The smallest absolute Gasteiger partial charge is 0.326 e. The van der Waals surface area contributed by atoms with Crippen LogP contribution in [0.4, 0.5) is 0 Å². The molecule has 5 atom stereocenters. The summed E-state index contributed by atoms with van der Waals surface area (Å²) >= 11 is 1.51. The lowest BCUT2D eigenvalue weighted by atomic mass is 9.97. The fraction of sp³-hybridized carbons (Fsp3) is 0.762. The van der Waals surface area contributed by atoms with Crippen LogP contribution in [0.15, 0.2) is 0 Å². The van der Waals surface area contributed by atoms with E-state index in [4.69, 9.17) is 17.2 Å². The number of nitrogens with one attached hydrogen (secondary N) is 3. The molecule has 0 bridgehead atoms. The van der Waals surface area contributed by atoms with Crippen LogP contribution in [0.5, 0.6) is 0 Å². The number of hydrogen-bond acceptors (Lipinski definition) is 8. The molecule has 0 aliphatic rings. The van der Waals surface area contributed by atoms with Gasteiger partial charge < -0.3 is 38.3 Å². The molecule has 4 amide bonds. The maximum atomic E-state index is 12.9. The zero-order valence-electron chi connectivity index (χ0n) is 20.2. The number of carbonyl (C=O) groups excluding carboxylic acids is 4. The summed E-state index contributed by atoms with van der Waals surface area (Å²) in [5, 5.41) is 16.9. The van der Waals surface area contributed by atoms with Gasteiger partial charge in [0.25, 0.3) is 0 Å². The Hall–Kier alpha value is -2.38. The van der Waals surface area contributed by atoms with Crippen LogP contribution in [0.2, 0.25) is 0 Å². The van der Waals surface area contributed by atoms with E-state index in [0.717, 1.165) is 0 Å². The third-order valence-electron chi connectivity index (χ3n) is 5.36. The highest BCUT2D eigenvalue weighted by molar-refractivity contribution is 7.98. The first kappa shape index (κ1) is 31.6. The van der Waals surface area contributed by atoms with Crippen LogP contribution in [0.1, 0.15) is 52.4 Å². The quantitative estimate of drug-likeness (QED) is 0.110. The van der Waals surface area contributed by atoms with Gasteiger partial charge in [-0.25, -0.2) is 4.79 Å². The largest absolute Gasteiger partial charge is 0.480 e. The molecule has 0 saturated carbocycles. The normalized spacial score (nSPS) is 15.3. The molecule has 0 spiro atoms. The van der Waals surface area contributed by atoms with Crippen LogP contribution in [0, 0.1) is 5.92 Å². The lowest BCUT2D eigenvalue weighted by Crippen LogP contribution is -2.59. The predicted molar refractivity (Wildman–Crippen MR) is 131 cm³/mol. The van der Waals surface area contributed by atoms with Gasteiger partial charge in [0.05, 0.1) is 12.5 Å². The van der Waals surface area contributed by atoms with Gasteiger partial charge in [0.15, 0.2) is 0 Å². The van der Waals surface area contributed by atoms with Crippen molar-refractivity contribution in [2.45, 2.75) is 76.5 Å². The molecule has 0 aliphatic carbocycles. The molecule has 0 aromatic heterocycles. The van der Waals surface area contributed by atoms with Gasteiger partial charge in [-0.15, -0.1) is 0 Å². The van der Waals surface area contributed by atoms with Gasteiger partial charge in [-0.1, -0.05) is 20.3 Å². The number of thioether (sulfide) groups is 1. The van der Waals surface area contributed by atoms with Crippen molar-refractivity contribution in [3.8, 4) is 0 Å². The third kappa shape index (κ3) is 12.2. The van der Waals surface area contributed by atoms with Crippen molar-refractivity contribution < 1.29 is 29.1 Å². The van der Waals surface area contributed by atoms with Crippen molar-refractivity contribution in [3.63, 3.8) is 0 Å². The SMILES string of the molecule is CCC(C)C(NC(=O)C(CC(N)=O)NC(=O)C(N)CCSC)C(=O)NC(CCCCN)C(=O)O. The van der Waals surface area contributed by atoms with E-state index < -0.39 is 60.2 Å². The Balaban J connectivity index is 5.48. The first-order valence-corrected chi connectivity index (χ1v) is 12.7. The molecular formula is C21H40N6O6S. The number of rotatable bonds is 18. The minimum absolute atomic E-state index is 0.188. The number of aliphatic carboxylic acids is 1. The van der Waals surface area contributed by atoms with Crippen molar-refractivity contribution in [2.75, 3.05) is 18.6 Å². The van der Waals surface area contributed by atoms with Crippen LogP contribution in [0.3, 0.4) is 0 Å². The molecule has 0 heterocycles. The second kappa shape index (κ2) is 17.1. The molecule has 0 rings (SSSR count). The van der Waals surface area contributed by atoms with E-state index in [1.165, 1.54) is 11.8 Å². The average Bonchev–Trinajstić information content (AvgIpc) is 2.78. The number of carboxylic acid groups (broad SMARTS) is 1. The van der Waals surface area contributed by atoms with Crippen LogP contribution in [-0.2, 0) is 24.0 Å². The van der Waals surface area contributed by atoms with Gasteiger partial charge in [-0.2, -0.15) is 11.8 Å². The fourth-order valence-electron chi connectivity index (χ4n) is 3.03. The van der Waals surface area contributed by atoms with E-state index in [2.05, 4.69) is 16.0 Å². The van der Waals surface area contributed by atoms with Crippen LogP contribution >= 0.6 is 11.8 Å². The molecule has 10 N–H and O–H groups in total. The molecular weight excluding hydrogens is 464 g/mol. The standard InChI is InChI=1S/C21H40N6O6S/c1-4-12(2)17(20(31)25-14(21(32)33)7-5-6-9-22)27-19(30)15(11-16(24)28)26-18(29)13(23)8-10-34-3/h12-15,17H,4-11,22-23H2,1-3H3,(H2,24,28)(H,25,31)(H,26,29)(H,27,30)(H,32,33). The first-order chi connectivity index (χ1) is 16.0. The van der Waals surface area contributed by atoms with Gasteiger partial charge in [0.2, 0.25) is 23.6 Å². The number of unbranched alkanes of at least 4 members (excludes halogenated alkanes) is 1. The molecule has 13 heteroatoms. The Labute approximate surface area is 204 Å². The van der Waals surface area contributed by atoms with E-state index >= 15 is 0 Å². The number of carbonyl (C=O) groups is 5. The first-order valence-electron chi connectivity index (χ1n) is 11.3. The van der Waals surface area contributed by atoms with E-state index in [0.29, 0.717) is 38.0 Å². The Kier molecular flexibility index (Phi) is 15.9. The molecule has 12 nitrogen and oxygen atoms in total. The highest BCUT2D eigenvalue weighted by Crippen LogP contribution is 2.11. The van der Waals surface area contributed by atoms with Gasteiger partial charge >= 0.3 is 5.97 Å². The molecule has 0 saturated heterocycles. The van der Waals surface area contributed by atoms with Crippen molar-refractivity contribution in [2.24, 2.45) is 23.1 Å². The van der Waals surface area contributed by atoms with Gasteiger partial charge in [-0.3, -0.25) is 19.2 Å². The van der Waals surface area contributed by atoms with E-state index in [1.807, 2.05) is 6.26 Å². The Morgan fingerprint density at radius 2 is 1.56 bits per heavy atom. The summed E-state index contributed by atoms with van der Waals surface area (Å²) in [4.78, 5) is 61.3. The summed E-state index contributed by atoms with van der Waals surface area (Å²) in [5.74, 6) is -3.84. The molecule has 5 unspecified atom stereocenters. The van der Waals surface area contributed by atoms with Gasteiger partial charge in [0, 0.05) is 0 Å². The third-order valence-corrected chi connectivity index (χ3v) is 6.01. The van der Waals surface area contributed by atoms with Crippen molar-refractivity contribution >= 4 is 41.4 Å². The Bertz CT molecular complexity index is 695. The number of nitrogens with two attached hydrogens (primary N) is 3. The number of hydrogen-bond donors (Lipinski definition) is 7. The Morgan fingerprint density at radius 1 is 0.941 bits per heavy atom. The summed E-state index contributed by atoms with van der Waals surface area (Å²) in [5.41, 5.74) is 16.5. The molecule has 0 aromatic rings. The minimum Gasteiger partial charge on any atom is -0.480 e. The zero-order valence-corrected chi connectivity index (χ0v) is 21.0. The number of carboxylic acids is 1. The van der Waals surface area contributed by atoms with Gasteiger partial charge in [-0.05, 0) is 50.2 Å². The molecule has 34 heavy (non-hydrogen) atoms. The van der Waals surface area contributed by atoms with E-state index in [1.54, 1.807) is 13.8 Å². The second-order valence-electron chi connectivity index (χ2n) is 8.18. The van der Waals surface area contributed by atoms with Crippen molar-refractivity contribution in [1.82, 2.24) is 16.0 Å². The van der Waals surface area contributed by atoms with Crippen LogP contribution in [-0.4, -0.2) is 77.4 Å². The summed E-state index contributed by atoms with van der Waals surface area (Å²) in [6.07, 6.45) is 3.55. The predicted octanol–water partition coefficient (Wildman–Crippen LogP) is -1.34. The molecule has 0 radical (unpaired) electrons. The lowest BCUT2D eigenvalue weighted by Gasteiger charge is -2.28. The summed E-state index contributed by atoms with van der Waals surface area (Å²) < 4.78 is 0. The minimum atomic E-state index is -1.33. The molecule has 0 aliphatic heterocycles. The average molecular weight is 505 g/mol. The van der Waals surface area contributed by atoms with Crippen molar-refractivity contribution in [3.05, 3.63) is 0 Å². The summed E-state index contributed by atoms with van der Waals surface area (Å²) in [7, 11) is 0. The maximum absolute atomic E-state index is 12.9. The lowest BCUT2D eigenvalue weighted by molar-refractivity contribution is -0.143. The topological polar surface area (TPSA) is 220 Å². The van der Waals surface area contributed by atoms with E-state index in [9.17, 15) is 29.1 Å². The summed E-state index contributed by atoms with van der Waals surface area (Å²) in [6.45, 7) is 3.93. The highest BCUT2D eigenvalue weighted by Gasteiger charge is 2.33.